The molecule has 0 aliphatic rings. The zero-order valence-corrected chi connectivity index (χ0v) is 13.9. The summed E-state index contributed by atoms with van der Waals surface area (Å²) in [6.07, 6.45) is 0.495. The molecule has 1 aromatic carbocycles. The van der Waals surface area contributed by atoms with Gasteiger partial charge in [-0.2, -0.15) is 0 Å². The standard InChI is InChI=1S/C15H12BrN3O2S/c16-11-5-2-1-4-10(11)14(20)17-8-7-13-18-19-15(21-13)12-6-3-9-22-12/h1-6,9H,7-8H2,(H,17,20). The molecule has 0 saturated heterocycles. The average molecular weight is 378 g/mol. The van der Waals surface area contributed by atoms with Gasteiger partial charge in [-0.1, -0.05) is 18.2 Å². The Morgan fingerprint density at radius 2 is 2.09 bits per heavy atom. The lowest BCUT2D eigenvalue weighted by atomic mass is 10.2. The second-order valence-corrected chi connectivity index (χ2v) is 6.27. The van der Waals surface area contributed by atoms with Crippen molar-refractivity contribution in [1.29, 1.82) is 0 Å². The highest BCUT2D eigenvalue weighted by atomic mass is 79.9. The van der Waals surface area contributed by atoms with Gasteiger partial charge in [0.15, 0.2) is 0 Å². The van der Waals surface area contributed by atoms with Gasteiger partial charge in [0.1, 0.15) is 0 Å². The fraction of sp³-hybridized carbons (Fsp3) is 0.133. The number of carbonyl (C=O) groups excluding carboxylic acids is 1. The number of nitrogens with one attached hydrogen (secondary N) is 1. The molecule has 1 N–H and O–H groups in total. The largest absolute Gasteiger partial charge is 0.420 e. The van der Waals surface area contributed by atoms with Crippen molar-refractivity contribution in [3.63, 3.8) is 0 Å². The molecule has 112 valence electrons. The van der Waals surface area contributed by atoms with Gasteiger partial charge in [-0.3, -0.25) is 4.79 Å². The van der Waals surface area contributed by atoms with Crippen molar-refractivity contribution in [3.8, 4) is 10.8 Å². The zero-order chi connectivity index (χ0) is 15.4. The normalized spacial score (nSPS) is 10.6. The summed E-state index contributed by atoms with van der Waals surface area (Å²) in [5.74, 6) is 0.892. The molecule has 0 bridgehead atoms. The molecular formula is C15H12BrN3O2S. The third kappa shape index (κ3) is 3.42. The SMILES string of the molecule is O=C(NCCc1nnc(-c2cccs2)o1)c1ccccc1Br. The molecule has 0 saturated carbocycles. The minimum absolute atomic E-state index is 0.134. The van der Waals surface area contributed by atoms with Gasteiger partial charge >= 0.3 is 0 Å². The Balaban J connectivity index is 1.55. The van der Waals surface area contributed by atoms with Crippen molar-refractivity contribution in [2.75, 3.05) is 6.54 Å². The van der Waals surface area contributed by atoms with E-state index in [9.17, 15) is 4.79 Å². The van der Waals surface area contributed by atoms with Crippen LogP contribution >= 0.6 is 27.3 Å². The third-order valence-corrected chi connectivity index (χ3v) is 4.49. The lowest BCUT2D eigenvalue weighted by molar-refractivity contribution is 0.0953. The average Bonchev–Trinajstić information content (AvgIpc) is 3.18. The Morgan fingerprint density at radius 1 is 1.23 bits per heavy atom. The lowest BCUT2D eigenvalue weighted by Gasteiger charge is -2.05. The van der Waals surface area contributed by atoms with Crippen LogP contribution in [-0.2, 0) is 6.42 Å². The first-order valence-electron chi connectivity index (χ1n) is 6.63. The summed E-state index contributed by atoms with van der Waals surface area (Å²) in [4.78, 5) is 13.0. The van der Waals surface area contributed by atoms with Crippen LogP contribution in [0.4, 0.5) is 0 Å². The summed E-state index contributed by atoms with van der Waals surface area (Å²) in [7, 11) is 0. The van der Waals surface area contributed by atoms with E-state index in [1.807, 2.05) is 35.7 Å². The van der Waals surface area contributed by atoms with Crippen LogP contribution in [0.3, 0.4) is 0 Å². The number of nitrogens with zero attached hydrogens (tertiary/aromatic N) is 2. The number of benzene rings is 1. The highest BCUT2D eigenvalue weighted by Crippen LogP contribution is 2.22. The lowest BCUT2D eigenvalue weighted by Crippen LogP contribution is -2.26. The molecule has 0 atom stereocenters. The third-order valence-electron chi connectivity index (χ3n) is 2.94. The molecule has 5 nitrogen and oxygen atoms in total. The Labute approximate surface area is 139 Å². The van der Waals surface area contributed by atoms with Gasteiger partial charge < -0.3 is 9.73 Å². The van der Waals surface area contributed by atoms with E-state index < -0.39 is 0 Å². The molecule has 0 fully saturated rings. The maximum atomic E-state index is 12.0. The minimum atomic E-state index is -0.134. The molecule has 0 aliphatic heterocycles. The van der Waals surface area contributed by atoms with Gasteiger partial charge in [0, 0.05) is 17.4 Å². The number of carbonyl (C=O) groups is 1. The molecule has 2 heterocycles. The molecule has 3 rings (SSSR count). The molecule has 0 aliphatic carbocycles. The summed E-state index contributed by atoms with van der Waals surface area (Å²) in [5.41, 5.74) is 0.604. The van der Waals surface area contributed by atoms with Gasteiger partial charge in [0.25, 0.3) is 11.8 Å². The van der Waals surface area contributed by atoms with Crippen LogP contribution in [0, 0.1) is 0 Å². The van der Waals surface area contributed by atoms with Crippen LogP contribution in [0.25, 0.3) is 10.8 Å². The molecule has 0 unspecified atom stereocenters. The number of amides is 1. The summed E-state index contributed by atoms with van der Waals surface area (Å²) in [6.45, 7) is 0.437. The highest BCUT2D eigenvalue weighted by molar-refractivity contribution is 9.10. The van der Waals surface area contributed by atoms with Crippen LogP contribution < -0.4 is 5.32 Å². The second-order valence-electron chi connectivity index (χ2n) is 4.46. The summed E-state index contributed by atoms with van der Waals surface area (Å²) >= 11 is 4.90. The van der Waals surface area contributed by atoms with E-state index in [2.05, 4.69) is 31.4 Å². The van der Waals surface area contributed by atoms with E-state index >= 15 is 0 Å². The summed E-state index contributed by atoms with van der Waals surface area (Å²) in [6, 6.07) is 11.1. The molecule has 0 spiro atoms. The number of hydrogen-bond donors (Lipinski definition) is 1. The van der Waals surface area contributed by atoms with E-state index in [4.69, 9.17) is 4.42 Å². The topological polar surface area (TPSA) is 68.0 Å². The van der Waals surface area contributed by atoms with Crippen molar-refractivity contribution in [1.82, 2.24) is 15.5 Å². The van der Waals surface area contributed by atoms with Crippen LogP contribution in [-0.4, -0.2) is 22.6 Å². The fourth-order valence-corrected chi connectivity index (χ4v) is 2.99. The summed E-state index contributed by atoms with van der Waals surface area (Å²) < 4.78 is 6.34. The van der Waals surface area contributed by atoms with Crippen molar-refractivity contribution < 1.29 is 9.21 Å². The van der Waals surface area contributed by atoms with E-state index in [0.29, 0.717) is 30.3 Å². The minimum Gasteiger partial charge on any atom is -0.420 e. The van der Waals surface area contributed by atoms with Gasteiger partial charge in [-0.15, -0.1) is 21.5 Å². The molecule has 2 aromatic heterocycles. The molecule has 0 radical (unpaired) electrons. The van der Waals surface area contributed by atoms with E-state index in [1.54, 1.807) is 17.4 Å². The highest BCUT2D eigenvalue weighted by Gasteiger charge is 2.11. The number of hydrogen-bond acceptors (Lipinski definition) is 5. The molecular weight excluding hydrogens is 366 g/mol. The number of aromatic nitrogens is 2. The predicted octanol–water partition coefficient (Wildman–Crippen LogP) is 3.53. The number of halogens is 1. The van der Waals surface area contributed by atoms with Crippen molar-refractivity contribution >= 4 is 33.2 Å². The fourth-order valence-electron chi connectivity index (χ4n) is 1.88. The van der Waals surface area contributed by atoms with Crippen molar-refractivity contribution in [2.45, 2.75) is 6.42 Å². The second kappa shape index (κ2) is 6.85. The van der Waals surface area contributed by atoms with E-state index in [0.717, 1.165) is 9.35 Å². The van der Waals surface area contributed by atoms with E-state index in [1.165, 1.54) is 0 Å². The van der Waals surface area contributed by atoms with Gasteiger partial charge in [0.2, 0.25) is 5.89 Å². The van der Waals surface area contributed by atoms with Crippen LogP contribution in [0.5, 0.6) is 0 Å². The quantitative estimate of drug-likeness (QED) is 0.738. The van der Waals surface area contributed by atoms with Crippen molar-refractivity contribution in [3.05, 3.63) is 57.7 Å². The van der Waals surface area contributed by atoms with Crippen LogP contribution in [0.2, 0.25) is 0 Å². The number of rotatable bonds is 5. The summed E-state index contributed by atoms with van der Waals surface area (Å²) in [5, 5.41) is 12.8. The molecule has 1 amide bonds. The Kier molecular flexibility index (Phi) is 4.65. The maximum absolute atomic E-state index is 12.0. The maximum Gasteiger partial charge on any atom is 0.257 e. The number of thiophene rings is 1. The monoisotopic (exact) mass is 377 g/mol. The van der Waals surface area contributed by atoms with Crippen LogP contribution in [0.1, 0.15) is 16.2 Å². The smallest absolute Gasteiger partial charge is 0.257 e. The predicted molar refractivity (Wildman–Crippen MR) is 87.8 cm³/mol. The Bertz CT molecular complexity index is 771. The zero-order valence-electron chi connectivity index (χ0n) is 11.5. The van der Waals surface area contributed by atoms with Gasteiger partial charge in [0.05, 0.1) is 10.4 Å². The molecule has 3 aromatic rings. The van der Waals surface area contributed by atoms with Crippen molar-refractivity contribution in [2.24, 2.45) is 0 Å². The van der Waals surface area contributed by atoms with Gasteiger partial charge in [-0.25, -0.2) is 0 Å². The van der Waals surface area contributed by atoms with Crippen LogP contribution in [0.15, 0.2) is 50.7 Å². The first-order chi connectivity index (χ1) is 10.7. The first-order valence-corrected chi connectivity index (χ1v) is 8.30. The van der Waals surface area contributed by atoms with Gasteiger partial charge in [-0.05, 0) is 39.5 Å². The Hall–Kier alpha value is -1.99. The molecule has 7 heteroatoms. The molecule has 22 heavy (non-hydrogen) atoms. The first kappa shape index (κ1) is 14.9. The Morgan fingerprint density at radius 3 is 2.86 bits per heavy atom. The van der Waals surface area contributed by atoms with E-state index in [-0.39, 0.29) is 5.91 Å².